The summed E-state index contributed by atoms with van der Waals surface area (Å²) in [6.45, 7) is 0. The predicted octanol–water partition coefficient (Wildman–Crippen LogP) is 1.49. The van der Waals surface area contributed by atoms with Crippen LogP contribution in [0.15, 0.2) is 30.7 Å². The third-order valence-corrected chi connectivity index (χ3v) is 5.52. The largest absolute Gasteiger partial charge is 0.390 e. The van der Waals surface area contributed by atoms with Gasteiger partial charge in [0.2, 0.25) is 0 Å². The number of aromatic nitrogens is 2. The molecule has 0 radical (unpaired) electrons. The summed E-state index contributed by atoms with van der Waals surface area (Å²) in [4.78, 5) is 19.8. The van der Waals surface area contributed by atoms with Crippen molar-refractivity contribution in [1.29, 1.82) is 0 Å². The first-order valence-electron chi connectivity index (χ1n) is 8.86. The Morgan fingerprint density at radius 2 is 2.22 bits per heavy atom. The van der Waals surface area contributed by atoms with Gasteiger partial charge in [-0.05, 0) is 25.3 Å². The van der Waals surface area contributed by atoms with Crippen LogP contribution in [0.3, 0.4) is 0 Å². The van der Waals surface area contributed by atoms with E-state index in [1.807, 2.05) is 0 Å². The van der Waals surface area contributed by atoms with Crippen LogP contribution in [0.1, 0.15) is 47.8 Å². The number of nitrogens with zero attached hydrogens (tertiary/aromatic N) is 2. The number of nitrogens with two attached hydrogens (primary N) is 1. The van der Waals surface area contributed by atoms with Gasteiger partial charge in [0.1, 0.15) is 17.1 Å². The fraction of sp³-hybridized carbons (Fsp3) is 0.421. The first-order chi connectivity index (χ1) is 12.9. The van der Waals surface area contributed by atoms with Gasteiger partial charge in [-0.15, -0.1) is 0 Å². The molecule has 0 spiro atoms. The Morgan fingerprint density at radius 3 is 2.93 bits per heavy atom. The minimum absolute atomic E-state index is 0.000598. The third-order valence-electron chi connectivity index (χ3n) is 5.52. The number of aliphatic hydroxyl groups excluding tert-OH is 1. The summed E-state index contributed by atoms with van der Waals surface area (Å²) in [6.07, 6.45) is 3.18. The predicted molar refractivity (Wildman–Crippen MR) is 93.0 cm³/mol. The third kappa shape index (κ3) is 2.90. The van der Waals surface area contributed by atoms with Crippen LogP contribution in [-0.2, 0) is 4.74 Å². The zero-order valence-corrected chi connectivity index (χ0v) is 14.5. The molecule has 1 aliphatic carbocycles. The van der Waals surface area contributed by atoms with Crippen LogP contribution < -0.4 is 5.73 Å². The van der Waals surface area contributed by atoms with Crippen LogP contribution in [0.2, 0.25) is 0 Å². The molecule has 4 atom stereocenters. The monoisotopic (exact) mass is 373 g/mol. The number of fused-ring (bicyclic) bond motifs is 1. The van der Waals surface area contributed by atoms with E-state index in [0.29, 0.717) is 24.8 Å². The van der Waals surface area contributed by atoms with Gasteiger partial charge in [0.15, 0.2) is 0 Å². The standard InChI is InChI=1S/C19H20FN3O4/c20-11-9-23-17(18(21)25)15(10-3-2-6-22-8-10)16(11)12-7-13(24)19(26)5-1-4-14(19)27-12/h2-3,6,8-9,12-14,24,26H,1,4-5,7H2,(H2,21,25). The van der Waals surface area contributed by atoms with Crippen LogP contribution in [0, 0.1) is 5.82 Å². The van der Waals surface area contributed by atoms with Crippen molar-refractivity contribution in [2.45, 2.75) is 49.6 Å². The summed E-state index contributed by atoms with van der Waals surface area (Å²) in [5.41, 5.74) is 4.82. The Labute approximate surface area is 155 Å². The van der Waals surface area contributed by atoms with Gasteiger partial charge in [-0.1, -0.05) is 6.07 Å². The van der Waals surface area contributed by atoms with E-state index in [-0.39, 0.29) is 23.2 Å². The minimum atomic E-state index is -1.32. The number of halogens is 1. The molecule has 27 heavy (non-hydrogen) atoms. The number of ether oxygens (including phenoxy) is 1. The molecule has 142 valence electrons. The molecule has 1 amide bonds. The van der Waals surface area contributed by atoms with E-state index in [2.05, 4.69) is 9.97 Å². The topological polar surface area (TPSA) is 119 Å². The van der Waals surface area contributed by atoms with Gasteiger partial charge in [0, 0.05) is 35.5 Å². The highest BCUT2D eigenvalue weighted by Crippen LogP contribution is 2.47. The lowest BCUT2D eigenvalue weighted by Gasteiger charge is -2.43. The molecule has 1 aliphatic heterocycles. The summed E-state index contributed by atoms with van der Waals surface area (Å²) in [6, 6.07) is 3.33. The fourth-order valence-electron chi connectivity index (χ4n) is 4.20. The van der Waals surface area contributed by atoms with E-state index >= 15 is 0 Å². The van der Waals surface area contributed by atoms with Gasteiger partial charge < -0.3 is 20.7 Å². The smallest absolute Gasteiger partial charge is 0.267 e. The van der Waals surface area contributed by atoms with Gasteiger partial charge in [-0.2, -0.15) is 0 Å². The molecule has 2 aromatic heterocycles. The highest BCUT2D eigenvalue weighted by Gasteiger charge is 2.53. The number of hydrogen-bond donors (Lipinski definition) is 3. The van der Waals surface area contributed by atoms with Crippen molar-refractivity contribution in [3.63, 3.8) is 0 Å². The van der Waals surface area contributed by atoms with E-state index in [4.69, 9.17) is 10.5 Å². The molecule has 3 heterocycles. The number of aliphatic hydroxyl groups is 2. The van der Waals surface area contributed by atoms with Crippen molar-refractivity contribution in [3.05, 3.63) is 47.8 Å². The number of primary amides is 1. The second-order valence-electron chi connectivity index (χ2n) is 7.10. The normalized spacial score (nSPS) is 30.1. The lowest BCUT2D eigenvalue weighted by molar-refractivity contribution is -0.216. The average Bonchev–Trinajstić information content (AvgIpc) is 3.04. The van der Waals surface area contributed by atoms with Gasteiger partial charge in [-0.3, -0.25) is 9.78 Å². The van der Waals surface area contributed by atoms with Gasteiger partial charge in [-0.25, -0.2) is 9.37 Å². The van der Waals surface area contributed by atoms with E-state index in [1.165, 1.54) is 6.20 Å². The molecule has 1 saturated carbocycles. The molecule has 8 heteroatoms. The second kappa shape index (κ2) is 6.63. The molecule has 0 bridgehead atoms. The Morgan fingerprint density at radius 1 is 1.41 bits per heavy atom. The maximum absolute atomic E-state index is 14.9. The molecular formula is C19H20FN3O4. The van der Waals surface area contributed by atoms with E-state index in [1.54, 1.807) is 18.3 Å². The quantitative estimate of drug-likeness (QED) is 0.750. The molecule has 7 nitrogen and oxygen atoms in total. The van der Waals surface area contributed by atoms with Crippen molar-refractivity contribution in [3.8, 4) is 11.1 Å². The van der Waals surface area contributed by atoms with Gasteiger partial charge in [0.05, 0.1) is 24.5 Å². The molecule has 0 aromatic carbocycles. The maximum atomic E-state index is 14.9. The van der Waals surface area contributed by atoms with Crippen molar-refractivity contribution < 1.29 is 24.1 Å². The molecule has 4 unspecified atom stereocenters. The first-order valence-corrected chi connectivity index (χ1v) is 8.86. The summed E-state index contributed by atoms with van der Waals surface area (Å²) >= 11 is 0. The van der Waals surface area contributed by atoms with Crippen LogP contribution in [0.4, 0.5) is 4.39 Å². The zero-order valence-electron chi connectivity index (χ0n) is 14.5. The molecule has 4 N–H and O–H groups in total. The highest BCUT2D eigenvalue weighted by molar-refractivity contribution is 5.98. The molecule has 4 rings (SSSR count). The number of rotatable bonds is 3. The zero-order chi connectivity index (χ0) is 19.2. The highest BCUT2D eigenvalue weighted by atomic mass is 19.1. The van der Waals surface area contributed by atoms with E-state index in [0.717, 1.165) is 6.20 Å². The van der Waals surface area contributed by atoms with Crippen LogP contribution in [0.25, 0.3) is 11.1 Å². The van der Waals surface area contributed by atoms with Gasteiger partial charge in [0.25, 0.3) is 5.91 Å². The summed E-state index contributed by atoms with van der Waals surface area (Å²) < 4.78 is 20.9. The number of amides is 1. The SMILES string of the molecule is NC(=O)c1ncc(F)c(C2CC(O)C3(O)CCCC3O2)c1-c1cccnc1. The number of carbonyl (C=O) groups is 1. The Bertz CT molecular complexity index is 879. The second-order valence-corrected chi connectivity index (χ2v) is 7.10. The van der Waals surface area contributed by atoms with Crippen LogP contribution in [-0.4, -0.2) is 43.9 Å². The average molecular weight is 373 g/mol. The number of carbonyl (C=O) groups excluding carboxylic acids is 1. The Kier molecular flexibility index (Phi) is 4.41. The number of hydrogen-bond acceptors (Lipinski definition) is 6. The Hall–Kier alpha value is -2.42. The molecular weight excluding hydrogens is 353 g/mol. The lowest BCUT2D eigenvalue weighted by Crippen LogP contribution is -2.54. The van der Waals surface area contributed by atoms with E-state index < -0.39 is 35.6 Å². The number of pyridine rings is 2. The summed E-state index contributed by atoms with van der Waals surface area (Å²) in [5, 5.41) is 21.2. The fourth-order valence-corrected chi connectivity index (χ4v) is 4.20. The van der Waals surface area contributed by atoms with Crippen molar-refractivity contribution in [2.75, 3.05) is 0 Å². The molecule has 2 fully saturated rings. The van der Waals surface area contributed by atoms with Crippen molar-refractivity contribution in [2.24, 2.45) is 5.73 Å². The molecule has 1 saturated heterocycles. The minimum Gasteiger partial charge on any atom is -0.390 e. The maximum Gasteiger partial charge on any atom is 0.267 e. The van der Waals surface area contributed by atoms with Crippen molar-refractivity contribution >= 4 is 5.91 Å². The van der Waals surface area contributed by atoms with Crippen LogP contribution in [0.5, 0.6) is 0 Å². The van der Waals surface area contributed by atoms with Crippen LogP contribution >= 0.6 is 0 Å². The first kappa shape index (κ1) is 18.0. The van der Waals surface area contributed by atoms with Crippen molar-refractivity contribution in [1.82, 2.24) is 9.97 Å². The summed E-state index contributed by atoms with van der Waals surface area (Å²) in [7, 11) is 0. The molecule has 2 aliphatic rings. The Balaban J connectivity index is 1.86. The lowest BCUT2D eigenvalue weighted by atomic mass is 9.82. The van der Waals surface area contributed by atoms with E-state index in [9.17, 15) is 19.4 Å². The summed E-state index contributed by atoms with van der Waals surface area (Å²) in [5.74, 6) is -1.47. The molecule has 2 aromatic rings. The van der Waals surface area contributed by atoms with Gasteiger partial charge >= 0.3 is 0 Å².